The first-order valence-electron chi connectivity index (χ1n) is 8.96. The predicted octanol–water partition coefficient (Wildman–Crippen LogP) is 1.71. The van der Waals surface area contributed by atoms with Gasteiger partial charge < -0.3 is 9.84 Å². The van der Waals surface area contributed by atoms with E-state index in [0.29, 0.717) is 17.7 Å². The van der Waals surface area contributed by atoms with E-state index in [1.165, 1.54) is 18.9 Å². The number of hydrogen-bond donors (Lipinski definition) is 1. The molecule has 0 aliphatic carbocycles. The summed E-state index contributed by atoms with van der Waals surface area (Å²) in [4.78, 5) is -0.316. The fraction of sp³-hybridized carbons (Fsp3) is 0.400. The van der Waals surface area contributed by atoms with Crippen LogP contribution in [0.15, 0.2) is 47.4 Å². The van der Waals surface area contributed by atoms with Crippen molar-refractivity contribution in [2.24, 2.45) is 0 Å². The van der Waals surface area contributed by atoms with E-state index in [1.54, 1.807) is 24.3 Å². The number of aryl methyl sites for hydroxylation is 1. The van der Waals surface area contributed by atoms with Gasteiger partial charge in [0.15, 0.2) is 0 Å². The summed E-state index contributed by atoms with van der Waals surface area (Å²) >= 11 is 0. The van der Waals surface area contributed by atoms with Gasteiger partial charge in [0.25, 0.3) is 10.1 Å². The molecule has 1 N–H and O–H groups in total. The average Bonchev–Trinajstić information content (AvgIpc) is 2.60. The van der Waals surface area contributed by atoms with Crippen LogP contribution in [0.4, 0.5) is 0 Å². The third kappa shape index (κ3) is 8.23. The Hall–Kier alpha value is -0.414. The van der Waals surface area contributed by atoms with Crippen molar-refractivity contribution in [1.29, 1.82) is 0 Å². The van der Waals surface area contributed by atoms with Crippen LogP contribution in [0.5, 0.6) is 17.2 Å². The molecule has 2 aromatic carbocycles. The average molecular weight is 417 g/mol. The minimum atomic E-state index is -4.42. The Morgan fingerprint density at radius 2 is 1.63 bits per heavy atom. The minimum Gasteiger partial charge on any atom is -0.870 e. The van der Waals surface area contributed by atoms with E-state index in [9.17, 15) is 18.1 Å². The van der Waals surface area contributed by atoms with Crippen LogP contribution in [-0.4, -0.2) is 13.0 Å². The quantitative estimate of drug-likeness (QED) is 0.362. The van der Waals surface area contributed by atoms with Crippen LogP contribution in [0.1, 0.15) is 51.0 Å². The van der Waals surface area contributed by atoms with E-state index >= 15 is 0 Å². The van der Waals surface area contributed by atoms with Crippen LogP contribution >= 0.6 is 0 Å². The summed E-state index contributed by atoms with van der Waals surface area (Å²) in [5.74, 6) is 0.00437. The molecule has 0 atom stereocenters. The van der Waals surface area contributed by atoms with E-state index in [-0.39, 0.29) is 67.8 Å². The molecule has 27 heavy (non-hydrogen) atoms. The maximum Gasteiger partial charge on any atom is 1.00 e. The van der Waals surface area contributed by atoms with Crippen LogP contribution in [0.25, 0.3) is 0 Å². The zero-order chi connectivity index (χ0) is 19.0. The summed E-state index contributed by atoms with van der Waals surface area (Å²) in [7, 11) is -4.42. The number of benzene rings is 2. The van der Waals surface area contributed by atoms with Crippen molar-refractivity contribution in [3.8, 4) is 17.2 Å². The predicted molar refractivity (Wildman–Crippen MR) is 99.3 cm³/mol. The van der Waals surface area contributed by atoms with Crippen molar-refractivity contribution in [2.45, 2.75) is 56.8 Å². The second-order valence-electron chi connectivity index (χ2n) is 6.32. The van der Waals surface area contributed by atoms with Gasteiger partial charge >= 0.3 is 51.4 Å². The molecular weight excluding hydrogens is 391 g/mol. The first-order valence-corrected chi connectivity index (χ1v) is 10.4. The molecule has 0 fully saturated rings. The monoisotopic (exact) mass is 416 g/mol. The Bertz CT molecular complexity index is 807. The van der Waals surface area contributed by atoms with Crippen molar-refractivity contribution >= 4 is 10.1 Å². The first kappa shape index (κ1) is 24.6. The summed E-state index contributed by atoms with van der Waals surface area (Å²) in [5.41, 5.74) is 0.349. The van der Waals surface area contributed by atoms with Crippen molar-refractivity contribution in [3.05, 3.63) is 48.0 Å². The minimum absolute atomic E-state index is 0. The molecule has 0 bridgehead atoms. The van der Waals surface area contributed by atoms with Crippen LogP contribution in [-0.2, 0) is 16.5 Å². The molecule has 0 aliphatic heterocycles. The topological polar surface area (TPSA) is 86.7 Å². The third-order valence-electron chi connectivity index (χ3n) is 4.17. The number of para-hydroxylation sites is 1. The second kappa shape index (κ2) is 12.2. The van der Waals surface area contributed by atoms with Gasteiger partial charge in [-0.3, -0.25) is 4.55 Å². The SMILES string of the molecule is CCCCCCCCc1cc(S(=O)(=O)O)cc(Oc2ccccc2)c1[O-].[K+]. The van der Waals surface area contributed by atoms with Gasteiger partial charge in [0.1, 0.15) is 11.5 Å². The summed E-state index contributed by atoms with van der Waals surface area (Å²) in [6.07, 6.45) is 6.84. The molecule has 142 valence electrons. The Labute approximate surface area is 204 Å². The normalized spacial score (nSPS) is 11.0. The van der Waals surface area contributed by atoms with Gasteiger partial charge in [0, 0.05) is 6.07 Å². The molecule has 0 saturated carbocycles. The molecule has 5 nitrogen and oxygen atoms in total. The standard InChI is InChI=1S/C20H26O5S.K/c1-2-3-4-5-6-8-11-16-14-18(26(22,23)24)15-19(20(16)21)25-17-12-9-7-10-13-17;/h7,9-10,12-15,21H,2-6,8,11H2,1H3,(H,22,23,24);/q;+1/p-1. The van der Waals surface area contributed by atoms with E-state index in [1.807, 2.05) is 6.07 Å². The Balaban J connectivity index is 0.00000364. The maximum absolute atomic E-state index is 12.6. The molecule has 0 aliphatic rings. The van der Waals surface area contributed by atoms with Crippen LogP contribution in [0.2, 0.25) is 0 Å². The molecule has 0 aromatic heterocycles. The zero-order valence-electron chi connectivity index (χ0n) is 16.0. The summed E-state index contributed by atoms with van der Waals surface area (Å²) in [6.45, 7) is 2.15. The van der Waals surface area contributed by atoms with Gasteiger partial charge in [-0.05, 0) is 31.0 Å². The van der Waals surface area contributed by atoms with Gasteiger partial charge in [-0.1, -0.05) is 68.5 Å². The molecule has 0 heterocycles. The molecule has 0 unspecified atom stereocenters. The van der Waals surface area contributed by atoms with E-state index in [2.05, 4.69) is 6.92 Å². The van der Waals surface area contributed by atoms with Gasteiger partial charge in [-0.25, -0.2) is 0 Å². The Kier molecular flexibility index (Phi) is 11.1. The summed E-state index contributed by atoms with van der Waals surface area (Å²) in [5, 5.41) is 12.6. The second-order valence-corrected chi connectivity index (χ2v) is 7.74. The maximum atomic E-state index is 12.6. The van der Waals surface area contributed by atoms with Gasteiger partial charge in [-0.15, -0.1) is 0 Å². The fourth-order valence-corrected chi connectivity index (χ4v) is 3.30. The molecular formula is C20H25KO5S. The van der Waals surface area contributed by atoms with E-state index in [4.69, 9.17) is 4.74 Å². The Morgan fingerprint density at radius 1 is 1.00 bits per heavy atom. The molecule has 0 radical (unpaired) electrons. The molecule has 2 rings (SSSR count). The van der Waals surface area contributed by atoms with Crippen molar-refractivity contribution < 1.29 is 74.2 Å². The van der Waals surface area contributed by atoms with Gasteiger partial charge in [0.05, 0.1) is 4.90 Å². The summed E-state index contributed by atoms with van der Waals surface area (Å²) in [6, 6.07) is 11.0. The van der Waals surface area contributed by atoms with Crippen LogP contribution in [0, 0.1) is 0 Å². The van der Waals surface area contributed by atoms with Crippen LogP contribution < -0.4 is 61.2 Å². The van der Waals surface area contributed by atoms with Crippen molar-refractivity contribution in [2.75, 3.05) is 0 Å². The smallest absolute Gasteiger partial charge is 0.870 e. The number of hydrogen-bond acceptors (Lipinski definition) is 4. The largest absolute Gasteiger partial charge is 1.00 e. The van der Waals surface area contributed by atoms with E-state index < -0.39 is 10.1 Å². The molecule has 2 aromatic rings. The number of ether oxygens (including phenoxy) is 1. The van der Waals surface area contributed by atoms with Crippen molar-refractivity contribution in [1.82, 2.24) is 0 Å². The first-order chi connectivity index (χ1) is 12.4. The summed E-state index contributed by atoms with van der Waals surface area (Å²) < 4.78 is 38.0. The van der Waals surface area contributed by atoms with Crippen LogP contribution in [0.3, 0.4) is 0 Å². The van der Waals surface area contributed by atoms with Crippen molar-refractivity contribution in [3.63, 3.8) is 0 Å². The molecule has 0 saturated heterocycles. The van der Waals surface area contributed by atoms with E-state index in [0.717, 1.165) is 31.7 Å². The Morgan fingerprint density at radius 3 is 2.26 bits per heavy atom. The molecule has 7 heteroatoms. The molecule has 0 spiro atoms. The number of rotatable bonds is 10. The molecule has 0 amide bonds. The number of unbranched alkanes of at least 4 members (excludes halogenated alkanes) is 5. The fourth-order valence-electron chi connectivity index (χ4n) is 2.75. The third-order valence-corrected chi connectivity index (χ3v) is 5.01. The van der Waals surface area contributed by atoms with Gasteiger partial charge in [0.2, 0.25) is 0 Å². The van der Waals surface area contributed by atoms with Gasteiger partial charge in [-0.2, -0.15) is 8.42 Å². The zero-order valence-corrected chi connectivity index (χ0v) is 19.9.